The number of aromatic nitrogens is 2. The minimum Gasteiger partial charge on any atom is -0.364 e. The highest BCUT2D eigenvalue weighted by Gasteiger charge is 2.12. The second-order valence-corrected chi connectivity index (χ2v) is 6.16. The first-order chi connectivity index (χ1) is 15.5. The normalized spacial score (nSPS) is 11.8. The van der Waals surface area contributed by atoms with Crippen LogP contribution in [0.15, 0.2) is 81.6 Å². The summed E-state index contributed by atoms with van der Waals surface area (Å²) in [6.07, 6.45) is 6.97. The molecule has 32 heavy (non-hydrogen) atoms. The minimum absolute atomic E-state index is 0.0616. The molecule has 0 aromatic carbocycles. The van der Waals surface area contributed by atoms with Crippen LogP contribution >= 0.6 is 0 Å². The fourth-order valence-electron chi connectivity index (χ4n) is 2.53. The average Bonchev–Trinajstić information content (AvgIpc) is 2.79. The molecule has 9 heteroatoms. The van der Waals surface area contributed by atoms with Crippen molar-refractivity contribution in [3.8, 4) is 11.3 Å². The van der Waals surface area contributed by atoms with E-state index in [0.717, 1.165) is 12.0 Å². The molecular weight excluding hydrogens is 412 g/mol. The second-order valence-electron chi connectivity index (χ2n) is 6.16. The van der Waals surface area contributed by atoms with E-state index < -0.39 is 11.6 Å². The summed E-state index contributed by atoms with van der Waals surface area (Å²) in [4.78, 5) is 19.3. The van der Waals surface area contributed by atoms with Gasteiger partial charge >= 0.3 is 0 Å². The summed E-state index contributed by atoms with van der Waals surface area (Å²) in [6, 6.07) is 4.65. The third-order valence-corrected chi connectivity index (χ3v) is 3.93. The van der Waals surface area contributed by atoms with Gasteiger partial charge in [0.25, 0.3) is 0 Å². The number of rotatable bonds is 10. The Morgan fingerprint density at radius 1 is 1.22 bits per heavy atom. The van der Waals surface area contributed by atoms with Crippen LogP contribution in [0, 0.1) is 12.7 Å². The van der Waals surface area contributed by atoms with Crippen LogP contribution in [0.4, 0.5) is 8.78 Å². The molecule has 0 aliphatic carbocycles. The number of hydrogen-bond acceptors (Lipinski definition) is 6. The zero-order valence-electron chi connectivity index (χ0n) is 18.2. The molecule has 2 rings (SSSR count). The molecule has 0 atom stereocenters. The lowest BCUT2D eigenvalue weighted by molar-refractivity contribution is 0.577. The number of nitrogens with one attached hydrogen (secondary N) is 1. The van der Waals surface area contributed by atoms with Gasteiger partial charge in [-0.15, -0.1) is 0 Å². The van der Waals surface area contributed by atoms with Gasteiger partial charge < -0.3 is 11.1 Å². The fourth-order valence-corrected chi connectivity index (χ4v) is 2.53. The van der Waals surface area contributed by atoms with Gasteiger partial charge in [-0.2, -0.15) is 0 Å². The molecule has 0 bridgehead atoms. The highest BCUT2D eigenvalue weighted by Crippen LogP contribution is 2.23. The summed E-state index contributed by atoms with van der Waals surface area (Å²) in [5.41, 5.74) is 7.06. The van der Waals surface area contributed by atoms with E-state index in [1.54, 1.807) is 31.3 Å². The van der Waals surface area contributed by atoms with Gasteiger partial charge in [-0.1, -0.05) is 12.7 Å². The minimum atomic E-state index is -0.612. The molecular formula is C23H27F2N7. The number of halogens is 2. The lowest BCUT2D eigenvalue weighted by Gasteiger charge is -2.10. The maximum Gasteiger partial charge on any atom is 0.160 e. The molecule has 0 aliphatic rings. The maximum absolute atomic E-state index is 14.8. The summed E-state index contributed by atoms with van der Waals surface area (Å²) in [5.74, 6) is -1.22. The van der Waals surface area contributed by atoms with Crippen molar-refractivity contribution in [1.29, 1.82) is 0 Å². The molecule has 168 valence electrons. The first-order valence-corrected chi connectivity index (χ1v) is 9.51. The van der Waals surface area contributed by atoms with Crippen LogP contribution in [-0.2, 0) is 6.42 Å². The maximum atomic E-state index is 14.8. The first kappa shape index (κ1) is 26.2. The van der Waals surface area contributed by atoms with E-state index in [2.05, 4.69) is 56.0 Å². The van der Waals surface area contributed by atoms with Gasteiger partial charge in [-0.3, -0.25) is 20.0 Å². The molecule has 3 N–H and O–H groups in total. The number of pyridine rings is 2. The van der Waals surface area contributed by atoms with Crippen molar-refractivity contribution in [3.05, 3.63) is 83.7 Å². The number of allylic oxidation sites excluding steroid dienone is 1. The lowest BCUT2D eigenvalue weighted by atomic mass is 10.1. The van der Waals surface area contributed by atoms with E-state index in [-0.39, 0.29) is 24.5 Å². The number of nitrogens with two attached hydrogens (primary N) is 1. The van der Waals surface area contributed by atoms with Crippen molar-refractivity contribution in [2.45, 2.75) is 13.3 Å². The standard InChI is InChI=1S/C22H22F2N6.CH5N/c1-5-16(11-25-3)12-29-22(30-14-26-4)20(24)10-17-9-19(23)21(28-13-17)18-6-7-27-15(2)8-18;1-2/h5-9,11,13-14,29H,1,3-4,10,12H2,2H3;2H2,1H3/b16-11+,22-20+,30-14-;. The van der Waals surface area contributed by atoms with Gasteiger partial charge in [0.15, 0.2) is 5.82 Å². The summed E-state index contributed by atoms with van der Waals surface area (Å²) in [7, 11) is 1.50. The van der Waals surface area contributed by atoms with Crippen LogP contribution in [0.2, 0.25) is 0 Å². The predicted octanol–water partition coefficient (Wildman–Crippen LogP) is 3.94. The number of aryl methyl sites for hydroxylation is 1. The SMILES string of the molecule is C=C/C(=C\N=C)CNC(/N=C\N=C)=C(\F)Cc1cnc(-c2ccnc(C)c2)c(F)c1.CN. The highest BCUT2D eigenvalue weighted by atomic mass is 19.1. The molecule has 2 heterocycles. The van der Waals surface area contributed by atoms with Gasteiger partial charge in [0.2, 0.25) is 0 Å². The number of nitrogens with zero attached hydrogens (tertiary/aromatic N) is 5. The zero-order valence-corrected chi connectivity index (χ0v) is 18.2. The summed E-state index contributed by atoms with van der Waals surface area (Å²) >= 11 is 0. The first-order valence-electron chi connectivity index (χ1n) is 9.51. The number of aliphatic imine (C=N–C) groups is 3. The topological polar surface area (TPSA) is 101 Å². The van der Waals surface area contributed by atoms with Crippen molar-refractivity contribution in [2.24, 2.45) is 20.7 Å². The summed E-state index contributed by atoms with van der Waals surface area (Å²) < 4.78 is 29.4. The van der Waals surface area contributed by atoms with Crippen molar-refractivity contribution in [3.63, 3.8) is 0 Å². The van der Waals surface area contributed by atoms with Crippen LogP contribution in [0.5, 0.6) is 0 Å². The summed E-state index contributed by atoms with van der Waals surface area (Å²) in [6.45, 7) is 12.3. The third kappa shape index (κ3) is 8.11. The van der Waals surface area contributed by atoms with E-state index >= 15 is 0 Å². The van der Waals surface area contributed by atoms with Crippen LogP contribution < -0.4 is 11.1 Å². The number of hydrogen-bond donors (Lipinski definition) is 2. The van der Waals surface area contributed by atoms with Crippen molar-refractivity contribution >= 4 is 19.8 Å². The highest BCUT2D eigenvalue weighted by molar-refractivity contribution is 5.63. The van der Waals surface area contributed by atoms with Gasteiger partial charge in [0.05, 0.1) is 0 Å². The van der Waals surface area contributed by atoms with Crippen molar-refractivity contribution in [2.75, 3.05) is 13.6 Å². The van der Waals surface area contributed by atoms with E-state index in [1.165, 1.54) is 25.5 Å². The van der Waals surface area contributed by atoms with Crippen LogP contribution in [-0.4, -0.2) is 43.3 Å². The third-order valence-electron chi connectivity index (χ3n) is 3.93. The van der Waals surface area contributed by atoms with Gasteiger partial charge in [-0.05, 0) is 56.7 Å². The van der Waals surface area contributed by atoms with Gasteiger partial charge in [0, 0.05) is 42.8 Å². The zero-order chi connectivity index (χ0) is 23.9. The van der Waals surface area contributed by atoms with Crippen LogP contribution in [0.1, 0.15) is 11.3 Å². The quantitative estimate of drug-likeness (QED) is 0.333. The van der Waals surface area contributed by atoms with E-state index in [4.69, 9.17) is 0 Å². The van der Waals surface area contributed by atoms with Crippen LogP contribution in [0.3, 0.4) is 0 Å². The molecule has 0 amide bonds. The molecule has 0 saturated heterocycles. The molecule has 2 aromatic heterocycles. The average molecular weight is 440 g/mol. The van der Waals surface area contributed by atoms with E-state index in [0.29, 0.717) is 16.7 Å². The molecule has 0 aliphatic heterocycles. The molecule has 2 aromatic rings. The Kier molecular flexibility index (Phi) is 11.6. The predicted molar refractivity (Wildman–Crippen MR) is 128 cm³/mol. The lowest BCUT2D eigenvalue weighted by Crippen LogP contribution is -2.17. The van der Waals surface area contributed by atoms with E-state index in [1.807, 2.05) is 0 Å². The fraction of sp³-hybridized carbons (Fsp3) is 0.174. The smallest absolute Gasteiger partial charge is 0.160 e. The Labute approximate surface area is 187 Å². The Morgan fingerprint density at radius 3 is 2.56 bits per heavy atom. The van der Waals surface area contributed by atoms with Gasteiger partial charge in [0.1, 0.15) is 23.7 Å². The monoisotopic (exact) mass is 439 g/mol. The Hall–Kier alpha value is -3.85. The Balaban J connectivity index is 0.00000249. The Morgan fingerprint density at radius 2 is 1.97 bits per heavy atom. The molecule has 0 fully saturated rings. The molecule has 7 nitrogen and oxygen atoms in total. The Bertz CT molecular complexity index is 1030. The van der Waals surface area contributed by atoms with Crippen molar-refractivity contribution in [1.82, 2.24) is 15.3 Å². The molecule has 0 radical (unpaired) electrons. The molecule has 0 unspecified atom stereocenters. The molecule has 0 spiro atoms. The van der Waals surface area contributed by atoms with Crippen molar-refractivity contribution < 1.29 is 8.78 Å². The summed E-state index contributed by atoms with van der Waals surface area (Å²) in [5, 5.41) is 2.84. The second kappa shape index (κ2) is 14.2. The van der Waals surface area contributed by atoms with E-state index in [9.17, 15) is 8.78 Å². The molecule has 0 saturated carbocycles. The van der Waals surface area contributed by atoms with Gasteiger partial charge in [-0.25, -0.2) is 13.8 Å². The van der Waals surface area contributed by atoms with Crippen LogP contribution in [0.25, 0.3) is 11.3 Å². The largest absolute Gasteiger partial charge is 0.364 e.